The SMILES string of the molecule is COc1ccc(C)cc1S(=O)(=O)N(CC(=O)Nc1ccc2c(c1)OCCO2)c1cc(C)cc(C)c1. The lowest BCUT2D eigenvalue weighted by Crippen LogP contribution is -2.38. The Bertz CT molecular complexity index is 1350. The van der Waals surface area contributed by atoms with Crippen molar-refractivity contribution in [2.45, 2.75) is 25.7 Å². The molecular weight excluding hydrogens is 468 g/mol. The molecule has 0 aromatic heterocycles. The van der Waals surface area contributed by atoms with Gasteiger partial charge in [-0.3, -0.25) is 9.10 Å². The molecule has 0 fully saturated rings. The molecule has 35 heavy (non-hydrogen) atoms. The lowest BCUT2D eigenvalue weighted by molar-refractivity contribution is -0.114. The fourth-order valence-electron chi connectivity index (χ4n) is 3.97. The molecule has 0 aliphatic carbocycles. The number of amides is 1. The number of anilines is 2. The zero-order valence-electron chi connectivity index (χ0n) is 20.1. The van der Waals surface area contributed by atoms with E-state index in [1.807, 2.05) is 19.9 Å². The van der Waals surface area contributed by atoms with Crippen molar-refractivity contribution < 1.29 is 27.4 Å². The van der Waals surface area contributed by atoms with E-state index in [1.165, 1.54) is 7.11 Å². The minimum absolute atomic E-state index is 0.00807. The van der Waals surface area contributed by atoms with Crippen molar-refractivity contribution in [1.29, 1.82) is 0 Å². The van der Waals surface area contributed by atoms with Crippen LogP contribution in [0, 0.1) is 20.8 Å². The predicted octanol–water partition coefficient (Wildman–Crippen LogP) is 4.23. The van der Waals surface area contributed by atoms with E-state index in [4.69, 9.17) is 14.2 Å². The second kappa shape index (κ2) is 9.87. The number of ether oxygens (including phenoxy) is 3. The van der Waals surface area contributed by atoms with Gasteiger partial charge in [-0.05, 0) is 73.9 Å². The van der Waals surface area contributed by atoms with Crippen molar-refractivity contribution in [3.8, 4) is 17.2 Å². The molecule has 184 valence electrons. The van der Waals surface area contributed by atoms with E-state index in [0.717, 1.165) is 21.0 Å². The summed E-state index contributed by atoms with van der Waals surface area (Å²) in [6, 6.07) is 15.4. The number of fused-ring (bicyclic) bond motifs is 1. The molecule has 0 bridgehead atoms. The Morgan fingerprint density at radius 2 is 1.60 bits per heavy atom. The van der Waals surface area contributed by atoms with E-state index >= 15 is 0 Å². The van der Waals surface area contributed by atoms with E-state index < -0.39 is 22.5 Å². The molecule has 1 aliphatic heterocycles. The third kappa shape index (κ3) is 5.35. The Balaban J connectivity index is 1.70. The molecule has 0 unspecified atom stereocenters. The van der Waals surface area contributed by atoms with Crippen LogP contribution in [0.1, 0.15) is 16.7 Å². The Morgan fingerprint density at radius 3 is 2.29 bits per heavy atom. The van der Waals surface area contributed by atoms with E-state index in [9.17, 15) is 13.2 Å². The van der Waals surface area contributed by atoms with Crippen LogP contribution in [0.4, 0.5) is 11.4 Å². The first-order valence-electron chi connectivity index (χ1n) is 11.1. The van der Waals surface area contributed by atoms with Gasteiger partial charge in [0.25, 0.3) is 10.0 Å². The van der Waals surface area contributed by atoms with Gasteiger partial charge in [-0.15, -0.1) is 0 Å². The molecular formula is C26H28N2O6S. The Hall–Kier alpha value is -3.72. The Morgan fingerprint density at radius 1 is 0.914 bits per heavy atom. The fraction of sp³-hybridized carbons (Fsp3) is 0.269. The number of nitrogens with zero attached hydrogens (tertiary/aromatic N) is 1. The van der Waals surface area contributed by atoms with Crippen molar-refractivity contribution >= 4 is 27.3 Å². The molecule has 0 saturated carbocycles. The molecule has 1 heterocycles. The second-order valence-corrected chi connectivity index (χ2v) is 10.2. The summed E-state index contributed by atoms with van der Waals surface area (Å²) >= 11 is 0. The maximum Gasteiger partial charge on any atom is 0.268 e. The molecule has 3 aromatic rings. The molecule has 0 spiro atoms. The molecule has 9 heteroatoms. The van der Waals surface area contributed by atoms with Gasteiger partial charge < -0.3 is 19.5 Å². The fourth-order valence-corrected chi connectivity index (χ4v) is 5.61. The maximum atomic E-state index is 13.9. The van der Waals surface area contributed by atoms with Crippen LogP contribution in [0.3, 0.4) is 0 Å². The van der Waals surface area contributed by atoms with Crippen LogP contribution in [-0.4, -0.2) is 41.2 Å². The lowest BCUT2D eigenvalue weighted by Gasteiger charge is -2.26. The van der Waals surface area contributed by atoms with Crippen LogP contribution >= 0.6 is 0 Å². The summed E-state index contributed by atoms with van der Waals surface area (Å²) in [5.41, 5.74) is 3.38. The van der Waals surface area contributed by atoms with Crippen LogP contribution in [0.5, 0.6) is 17.2 Å². The van der Waals surface area contributed by atoms with Gasteiger partial charge in [0.1, 0.15) is 30.4 Å². The average molecular weight is 497 g/mol. The standard InChI is InChI=1S/C26H28N2O6S/c1-17-5-7-23(32-4)25(14-17)35(30,31)28(21-12-18(2)11-19(3)13-21)16-26(29)27-20-6-8-22-24(15-20)34-10-9-33-22/h5-8,11-15H,9-10,16H2,1-4H3,(H,27,29). The van der Waals surface area contributed by atoms with Gasteiger partial charge in [0.15, 0.2) is 11.5 Å². The summed E-state index contributed by atoms with van der Waals surface area (Å²) in [5.74, 6) is 0.825. The number of carbonyl (C=O) groups excluding carboxylic acids is 1. The van der Waals surface area contributed by atoms with Crippen LogP contribution in [0.25, 0.3) is 0 Å². The van der Waals surface area contributed by atoms with E-state index in [2.05, 4.69) is 5.32 Å². The number of sulfonamides is 1. The quantitative estimate of drug-likeness (QED) is 0.526. The first-order chi connectivity index (χ1) is 16.7. The van der Waals surface area contributed by atoms with Gasteiger partial charge in [-0.2, -0.15) is 0 Å². The number of carbonyl (C=O) groups is 1. The van der Waals surface area contributed by atoms with Gasteiger partial charge in [-0.1, -0.05) is 12.1 Å². The molecule has 0 saturated heterocycles. The third-order valence-electron chi connectivity index (χ3n) is 5.49. The topological polar surface area (TPSA) is 94.2 Å². The maximum absolute atomic E-state index is 13.9. The summed E-state index contributed by atoms with van der Waals surface area (Å²) in [6.07, 6.45) is 0. The van der Waals surface area contributed by atoms with Crippen molar-refractivity contribution in [3.05, 3.63) is 71.3 Å². The first-order valence-corrected chi connectivity index (χ1v) is 12.6. The van der Waals surface area contributed by atoms with Gasteiger partial charge in [0.2, 0.25) is 5.91 Å². The van der Waals surface area contributed by atoms with Crippen LogP contribution < -0.4 is 23.8 Å². The second-order valence-electron chi connectivity index (χ2n) is 8.42. The predicted molar refractivity (Wildman–Crippen MR) is 134 cm³/mol. The van der Waals surface area contributed by atoms with E-state index in [0.29, 0.717) is 36.1 Å². The third-order valence-corrected chi connectivity index (χ3v) is 7.29. The van der Waals surface area contributed by atoms with Gasteiger partial charge in [-0.25, -0.2) is 8.42 Å². The molecule has 8 nitrogen and oxygen atoms in total. The highest BCUT2D eigenvalue weighted by atomic mass is 32.2. The number of hydrogen-bond donors (Lipinski definition) is 1. The molecule has 4 rings (SSSR count). The van der Waals surface area contributed by atoms with Crippen molar-refractivity contribution in [2.24, 2.45) is 0 Å². The number of methoxy groups -OCH3 is 1. The number of benzene rings is 3. The van der Waals surface area contributed by atoms with Gasteiger partial charge in [0, 0.05) is 11.8 Å². The summed E-state index contributed by atoms with van der Waals surface area (Å²) in [5, 5.41) is 2.77. The molecule has 3 aromatic carbocycles. The minimum atomic E-state index is -4.15. The molecule has 1 aliphatic rings. The Labute approximate surface area is 205 Å². The zero-order chi connectivity index (χ0) is 25.2. The van der Waals surface area contributed by atoms with Crippen molar-refractivity contribution in [3.63, 3.8) is 0 Å². The summed E-state index contributed by atoms with van der Waals surface area (Å²) in [4.78, 5) is 13.1. The van der Waals surface area contributed by atoms with Crippen molar-refractivity contribution in [1.82, 2.24) is 0 Å². The van der Waals surface area contributed by atoms with Crippen molar-refractivity contribution in [2.75, 3.05) is 36.5 Å². The zero-order valence-corrected chi connectivity index (χ0v) is 20.9. The number of rotatable bonds is 7. The molecule has 1 amide bonds. The highest BCUT2D eigenvalue weighted by Gasteiger charge is 2.30. The van der Waals surface area contributed by atoms with E-state index in [-0.39, 0.29) is 10.6 Å². The molecule has 0 atom stereocenters. The minimum Gasteiger partial charge on any atom is -0.495 e. The van der Waals surface area contributed by atoms with Gasteiger partial charge in [0.05, 0.1) is 12.8 Å². The lowest BCUT2D eigenvalue weighted by atomic mass is 10.1. The molecule has 1 N–H and O–H groups in total. The summed E-state index contributed by atoms with van der Waals surface area (Å²) in [7, 11) is -2.74. The smallest absolute Gasteiger partial charge is 0.268 e. The van der Waals surface area contributed by atoms with Crippen LogP contribution in [0.15, 0.2) is 59.5 Å². The Kier molecular flexibility index (Phi) is 6.88. The highest BCUT2D eigenvalue weighted by molar-refractivity contribution is 7.93. The number of hydrogen-bond acceptors (Lipinski definition) is 6. The van der Waals surface area contributed by atoms with Crippen LogP contribution in [0.2, 0.25) is 0 Å². The normalized spacial score (nSPS) is 12.7. The van der Waals surface area contributed by atoms with Gasteiger partial charge >= 0.3 is 0 Å². The van der Waals surface area contributed by atoms with E-state index in [1.54, 1.807) is 55.5 Å². The number of nitrogens with one attached hydrogen (secondary N) is 1. The number of aryl methyl sites for hydroxylation is 3. The largest absolute Gasteiger partial charge is 0.495 e. The highest BCUT2D eigenvalue weighted by Crippen LogP contribution is 2.34. The summed E-state index contributed by atoms with van der Waals surface area (Å²) in [6.45, 7) is 6.00. The average Bonchev–Trinajstić information content (AvgIpc) is 2.81. The monoisotopic (exact) mass is 496 g/mol. The molecule has 0 radical (unpaired) electrons. The summed E-state index contributed by atoms with van der Waals surface area (Å²) < 4.78 is 45.3. The van der Waals surface area contributed by atoms with Crippen LogP contribution in [-0.2, 0) is 14.8 Å². The first kappa shape index (κ1) is 24.4.